The molecule has 1 saturated carbocycles. The third kappa shape index (κ3) is 2.53. The average Bonchev–Trinajstić information content (AvgIpc) is 2.71. The summed E-state index contributed by atoms with van der Waals surface area (Å²) in [5, 5.41) is 0. The Labute approximate surface area is 102 Å². The standard InChI is InChI=1S/C11H19N3O2S/c1-14(8-9-3-2-4-9)17(15,16)11-5-10(6-12)13-7-11/h5,7,9,13H,2-4,6,8,12H2,1H3. The number of hydrogen-bond acceptors (Lipinski definition) is 3. The summed E-state index contributed by atoms with van der Waals surface area (Å²) in [6, 6.07) is 1.60. The molecule has 17 heavy (non-hydrogen) atoms. The average molecular weight is 257 g/mol. The molecule has 0 spiro atoms. The van der Waals surface area contributed by atoms with Crippen LogP contribution in [0.15, 0.2) is 17.2 Å². The van der Waals surface area contributed by atoms with E-state index >= 15 is 0 Å². The first-order chi connectivity index (χ1) is 8.04. The maximum Gasteiger partial charge on any atom is 0.244 e. The minimum Gasteiger partial charge on any atom is -0.363 e. The number of rotatable bonds is 5. The lowest BCUT2D eigenvalue weighted by Crippen LogP contribution is -2.34. The van der Waals surface area contributed by atoms with Gasteiger partial charge in [-0.25, -0.2) is 12.7 Å². The number of H-pyrrole nitrogens is 1. The largest absolute Gasteiger partial charge is 0.363 e. The van der Waals surface area contributed by atoms with Crippen LogP contribution >= 0.6 is 0 Å². The van der Waals surface area contributed by atoms with Crippen molar-refractivity contribution in [2.24, 2.45) is 11.7 Å². The van der Waals surface area contributed by atoms with E-state index in [1.54, 1.807) is 13.1 Å². The predicted molar refractivity (Wildman–Crippen MR) is 65.8 cm³/mol. The number of aromatic amines is 1. The summed E-state index contributed by atoms with van der Waals surface area (Å²) in [6.45, 7) is 0.938. The molecule has 0 radical (unpaired) electrons. The lowest BCUT2D eigenvalue weighted by atomic mass is 9.86. The SMILES string of the molecule is CN(CC1CCC1)S(=O)(=O)c1c[nH]c(CN)c1. The maximum atomic E-state index is 12.2. The van der Waals surface area contributed by atoms with E-state index < -0.39 is 10.0 Å². The molecule has 1 aromatic heterocycles. The number of nitrogens with two attached hydrogens (primary N) is 1. The highest BCUT2D eigenvalue weighted by atomic mass is 32.2. The van der Waals surface area contributed by atoms with Gasteiger partial charge in [-0.3, -0.25) is 0 Å². The Morgan fingerprint density at radius 1 is 1.53 bits per heavy atom. The molecular formula is C11H19N3O2S. The fraction of sp³-hybridized carbons (Fsp3) is 0.636. The van der Waals surface area contributed by atoms with E-state index in [2.05, 4.69) is 4.98 Å². The molecule has 1 aromatic rings. The van der Waals surface area contributed by atoms with Crippen molar-refractivity contribution < 1.29 is 8.42 Å². The quantitative estimate of drug-likeness (QED) is 0.822. The van der Waals surface area contributed by atoms with Gasteiger partial charge in [0.15, 0.2) is 0 Å². The van der Waals surface area contributed by atoms with Gasteiger partial charge in [0.2, 0.25) is 10.0 Å². The summed E-state index contributed by atoms with van der Waals surface area (Å²) in [4.78, 5) is 3.17. The lowest BCUT2D eigenvalue weighted by molar-refractivity contribution is 0.263. The lowest BCUT2D eigenvalue weighted by Gasteiger charge is -2.29. The molecule has 0 aliphatic heterocycles. The minimum absolute atomic E-state index is 0.305. The van der Waals surface area contributed by atoms with Crippen molar-refractivity contribution in [2.75, 3.05) is 13.6 Å². The second-order valence-electron chi connectivity index (χ2n) is 4.65. The predicted octanol–water partition coefficient (Wildman–Crippen LogP) is 0.894. The molecule has 1 aliphatic rings. The van der Waals surface area contributed by atoms with Gasteiger partial charge >= 0.3 is 0 Å². The fourth-order valence-corrected chi connectivity index (χ4v) is 3.27. The van der Waals surface area contributed by atoms with Crippen molar-refractivity contribution >= 4 is 10.0 Å². The van der Waals surface area contributed by atoms with E-state index in [9.17, 15) is 8.42 Å². The summed E-state index contributed by atoms with van der Waals surface area (Å²) < 4.78 is 25.8. The smallest absolute Gasteiger partial charge is 0.244 e. The zero-order chi connectivity index (χ0) is 12.5. The monoisotopic (exact) mass is 257 g/mol. The Kier molecular flexibility index (Phi) is 3.56. The third-order valence-electron chi connectivity index (χ3n) is 3.38. The molecule has 3 N–H and O–H groups in total. The molecule has 1 heterocycles. The van der Waals surface area contributed by atoms with Gasteiger partial charge in [0, 0.05) is 32.0 Å². The summed E-state index contributed by atoms with van der Waals surface area (Å²) in [5.74, 6) is 0.530. The van der Waals surface area contributed by atoms with Crippen molar-refractivity contribution in [2.45, 2.75) is 30.7 Å². The highest BCUT2D eigenvalue weighted by molar-refractivity contribution is 7.89. The first-order valence-corrected chi connectivity index (χ1v) is 7.31. The Balaban J connectivity index is 2.10. The van der Waals surface area contributed by atoms with E-state index in [1.165, 1.54) is 16.9 Å². The van der Waals surface area contributed by atoms with Crippen molar-refractivity contribution in [3.8, 4) is 0 Å². The third-order valence-corrected chi connectivity index (χ3v) is 5.19. The van der Waals surface area contributed by atoms with Gasteiger partial charge in [-0.1, -0.05) is 6.42 Å². The van der Waals surface area contributed by atoms with E-state index in [-0.39, 0.29) is 0 Å². The molecule has 0 aromatic carbocycles. The topological polar surface area (TPSA) is 79.2 Å². The summed E-state index contributed by atoms with van der Waals surface area (Å²) in [7, 11) is -1.71. The Bertz CT molecular complexity index is 477. The Morgan fingerprint density at radius 3 is 2.71 bits per heavy atom. The van der Waals surface area contributed by atoms with E-state index in [1.807, 2.05) is 0 Å². The van der Waals surface area contributed by atoms with Crippen LogP contribution in [0.3, 0.4) is 0 Å². The van der Waals surface area contributed by atoms with Crippen LogP contribution in [-0.2, 0) is 16.6 Å². The second-order valence-corrected chi connectivity index (χ2v) is 6.69. The van der Waals surface area contributed by atoms with Crippen molar-refractivity contribution in [1.82, 2.24) is 9.29 Å². The molecule has 0 saturated heterocycles. The van der Waals surface area contributed by atoms with E-state index in [4.69, 9.17) is 5.73 Å². The van der Waals surface area contributed by atoms with Crippen LogP contribution in [0.4, 0.5) is 0 Å². The fourth-order valence-electron chi connectivity index (χ4n) is 2.00. The van der Waals surface area contributed by atoms with Gasteiger partial charge in [0.25, 0.3) is 0 Å². The van der Waals surface area contributed by atoms with Gasteiger partial charge in [0.05, 0.1) is 4.90 Å². The molecule has 2 rings (SSSR count). The highest BCUT2D eigenvalue weighted by Crippen LogP contribution is 2.28. The molecule has 0 atom stereocenters. The van der Waals surface area contributed by atoms with E-state index in [0.29, 0.717) is 23.9 Å². The van der Waals surface area contributed by atoms with Crippen LogP contribution in [0.5, 0.6) is 0 Å². The van der Waals surface area contributed by atoms with Crippen LogP contribution < -0.4 is 5.73 Å². The van der Waals surface area contributed by atoms with Crippen molar-refractivity contribution in [3.05, 3.63) is 18.0 Å². The number of sulfonamides is 1. The van der Waals surface area contributed by atoms with Gasteiger partial charge < -0.3 is 10.7 Å². The number of nitrogens with zero attached hydrogens (tertiary/aromatic N) is 1. The van der Waals surface area contributed by atoms with Crippen LogP contribution in [-0.4, -0.2) is 31.3 Å². The minimum atomic E-state index is -3.35. The number of nitrogens with one attached hydrogen (secondary N) is 1. The normalized spacial score (nSPS) is 17.4. The zero-order valence-electron chi connectivity index (χ0n) is 10.0. The van der Waals surface area contributed by atoms with Gasteiger partial charge in [-0.2, -0.15) is 0 Å². The van der Waals surface area contributed by atoms with Gasteiger partial charge in [0.1, 0.15) is 0 Å². The van der Waals surface area contributed by atoms with Gasteiger partial charge in [-0.15, -0.1) is 0 Å². The first kappa shape index (κ1) is 12.6. The number of hydrogen-bond donors (Lipinski definition) is 2. The zero-order valence-corrected chi connectivity index (χ0v) is 10.8. The summed E-state index contributed by atoms with van der Waals surface area (Å²) in [6.07, 6.45) is 5.01. The molecule has 6 heteroatoms. The molecule has 0 unspecified atom stereocenters. The Hall–Kier alpha value is -0.850. The molecule has 5 nitrogen and oxygen atoms in total. The summed E-state index contributed by atoms with van der Waals surface area (Å²) in [5.41, 5.74) is 6.19. The molecule has 0 amide bonds. The van der Waals surface area contributed by atoms with Crippen LogP contribution in [0.25, 0.3) is 0 Å². The first-order valence-electron chi connectivity index (χ1n) is 5.87. The highest BCUT2D eigenvalue weighted by Gasteiger charge is 2.27. The Morgan fingerprint density at radius 2 is 2.24 bits per heavy atom. The van der Waals surface area contributed by atoms with Crippen LogP contribution in [0, 0.1) is 5.92 Å². The van der Waals surface area contributed by atoms with Crippen molar-refractivity contribution in [3.63, 3.8) is 0 Å². The molecule has 96 valence electrons. The second kappa shape index (κ2) is 4.80. The summed E-state index contributed by atoms with van der Waals surface area (Å²) >= 11 is 0. The molecule has 1 aliphatic carbocycles. The molecular weight excluding hydrogens is 238 g/mol. The maximum absolute atomic E-state index is 12.2. The number of aromatic nitrogens is 1. The van der Waals surface area contributed by atoms with Crippen LogP contribution in [0.1, 0.15) is 25.0 Å². The van der Waals surface area contributed by atoms with E-state index in [0.717, 1.165) is 18.5 Å². The van der Waals surface area contributed by atoms with Crippen LogP contribution in [0.2, 0.25) is 0 Å². The van der Waals surface area contributed by atoms with Gasteiger partial charge in [-0.05, 0) is 24.8 Å². The molecule has 1 fully saturated rings. The van der Waals surface area contributed by atoms with Crippen molar-refractivity contribution in [1.29, 1.82) is 0 Å². The molecule has 0 bridgehead atoms.